The molecule has 144 valence electrons. The van der Waals surface area contributed by atoms with E-state index in [2.05, 4.69) is 55.1 Å². The number of hydrogen-bond donors (Lipinski definition) is 0. The summed E-state index contributed by atoms with van der Waals surface area (Å²) in [6.07, 6.45) is 3.47. The van der Waals surface area contributed by atoms with E-state index in [1.54, 1.807) is 26.6 Å². The maximum absolute atomic E-state index is 6.09. The summed E-state index contributed by atoms with van der Waals surface area (Å²) in [5, 5.41) is 3.26. The fourth-order valence-electron chi connectivity index (χ4n) is 2.68. The van der Waals surface area contributed by atoms with Crippen LogP contribution in [0.1, 0.15) is 0 Å². The maximum atomic E-state index is 6.09. The number of methoxy groups -OCH3 is 2. The fourth-order valence-corrected chi connectivity index (χ4v) is 5.15. The smallest absolute Gasteiger partial charge is 0.493 e. The molecule has 0 N–H and O–H groups in total. The Labute approximate surface area is 218 Å². The summed E-state index contributed by atoms with van der Waals surface area (Å²) in [7, 11) is 3.28. The minimum absolute atomic E-state index is 0. The first-order valence-corrected chi connectivity index (χ1v) is 10.9. The molecule has 0 atom stereocenters. The molecular formula is C20H14Cl2I2N2O2Zn+2. The molecule has 4 aromatic rings. The van der Waals surface area contributed by atoms with E-state index in [0.29, 0.717) is 10.0 Å². The van der Waals surface area contributed by atoms with Crippen LogP contribution in [0.3, 0.4) is 0 Å². The number of ether oxygens (including phenoxy) is 2. The molecule has 29 heavy (non-hydrogen) atoms. The normalized spacial score (nSPS) is 10.1. The summed E-state index contributed by atoms with van der Waals surface area (Å²) in [5.41, 5.74) is 1.62. The van der Waals surface area contributed by atoms with Crippen LogP contribution >= 0.6 is 68.4 Å². The van der Waals surface area contributed by atoms with Crippen molar-refractivity contribution in [2.24, 2.45) is 0 Å². The van der Waals surface area contributed by atoms with E-state index in [1.165, 1.54) is 0 Å². The summed E-state index contributed by atoms with van der Waals surface area (Å²) < 4.78 is 12.5. The van der Waals surface area contributed by atoms with Gasteiger partial charge in [0.05, 0.1) is 31.4 Å². The van der Waals surface area contributed by atoms with Crippen molar-refractivity contribution in [1.82, 2.24) is 9.97 Å². The number of aromatic nitrogens is 2. The molecule has 0 unspecified atom stereocenters. The average Bonchev–Trinajstić information content (AvgIpc) is 2.69. The van der Waals surface area contributed by atoms with Gasteiger partial charge in [0.15, 0.2) is 11.5 Å². The number of nitrogens with zero attached hydrogens (tertiary/aromatic N) is 2. The second kappa shape index (κ2) is 11.2. The zero-order chi connectivity index (χ0) is 20.3. The van der Waals surface area contributed by atoms with Crippen LogP contribution in [0.15, 0.2) is 48.8 Å². The average molecular weight is 702 g/mol. The van der Waals surface area contributed by atoms with Crippen molar-refractivity contribution in [1.29, 1.82) is 0 Å². The quantitative estimate of drug-likeness (QED) is 0.167. The molecule has 2 heterocycles. The fraction of sp³-hybridized carbons (Fsp3) is 0.100. The molecular weight excluding hydrogens is 688 g/mol. The van der Waals surface area contributed by atoms with Gasteiger partial charge < -0.3 is 9.47 Å². The van der Waals surface area contributed by atoms with Gasteiger partial charge in [0.25, 0.3) is 0 Å². The summed E-state index contributed by atoms with van der Waals surface area (Å²) >= 11 is 16.6. The van der Waals surface area contributed by atoms with Gasteiger partial charge in [-0.05, 0) is 81.6 Å². The topological polar surface area (TPSA) is 44.2 Å². The SMILES string of the molecule is [11CH3]Oc1c(I)cc(Cl)c2cccnc12.[11CH3]Oc1c(I)cc(Cl)c2cccnc12.[Zn+2]. The van der Waals surface area contributed by atoms with Crippen LogP contribution in [-0.4, -0.2) is 24.2 Å². The Morgan fingerprint density at radius 2 is 1.14 bits per heavy atom. The number of benzene rings is 2. The molecule has 2 aromatic carbocycles. The van der Waals surface area contributed by atoms with E-state index in [0.717, 1.165) is 40.4 Å². The predicted octanol–water partition coefficient (Wildman–Crippen LogP) is 7.00. The molecule has 0 aliphatic carbocycles. The van der Waals surface area contributed by atoms with Crippen LogP contribution in [0.25, 0.3) is 21.8 Å². The van der Waals surface area contributed by atoms with Gasteiger partial charge in [-0.25, -0.2) is 0 Å². The van der Waals surface area contributed by atoms with Crippen LogP contribution in [0, 0.1) is 7.14 Å². The van der Waals surface area contributed by atoms with Crippen molar-refractivity contribution in [3.05, 3.63) is 66.0 Å². The number of halogens is 4. The molecule has 0 spiro atoms. The molecule has 4 rings (SSSR count). The molecule has 0 aliphatic heterocycles. The molecule has 0 fully saturated rings. The third kappa shape index (κ3) is 5.42. The molecule has 0 saturated heterocycles. The van der Waals surface area contributed by atoms with Gasteiger partial charge >= 0.3 is 19.5 Å². The van der Waals surface area contributed by atoms with Crippen molar-refractivity contribution in [2.45, 2.75) is 0 Å². The molecule has 0 bridgehead atoms. The Kier molecular flexibility index (Phi) is 9.60. The Balaban J connectivity index is 0.000000200. The van der Waals surface area contributed by atoms with Crippen molar-refractivity contribution < 1.29 is 29.0 Å². The van der Waals surface area contributed by atoms with Crippen LogP contribution in [0.5, 0.6) is 11.5 Å². The van der Waals surface area contributed by atoms with Gasteiger partial charge in [0, 0.05) is 23.2 Å². The Bertz CT molecular complexity index is 1070. The molecule has 2 aromatic heterocycles. The molecule has 9 heteroatoms. The third-order valence-corrected chi connectivity index (χ3v) is 6.14. The standard InChI is InChI=1S/2C10H7ClINO.Zn/c2*1-14-10-8(12)5-7(11)6-3-2-4-13-9(6)10;/h2*2-5H,1H3;/q;;+2/i2*1-1;. The van der Waals surface area contributed by atoms with Crippen LogP contribution in [0.2, 0.25) is 10.0 Å². The van der Waals surface area contributed by atoms with Crippen molar-refractivity contribution in [2.75, 3.05) is 14.2 Å². The van der Waals surface area contributed by atoms with E-state index in [4.69, 9.17) is 32.7 Å². The first kappa shape index (κ1) is 24.8. The van der Waals surface area contributed by atoms with E-state index >= 15 is 0 Å². The third-order valence-electron chi connectivity index (χ3n) is 3.91. The summed E-state index contributed by atoms with van der Waals surface area (Å²) in [6.45, 7) is 0. The first-order chi connectivity index (χ1) is 13.5. The summed E-state index contributed by atoms with van der Waals surface area (Å²) in [4.78, 5) is 8.52. The van der Waals surface area contributed by atoms with Gasteiger partial charge in [-0.15, -0.1) is 0 Å². The van der Waals surface area contributed by atoms with Gasteiger partial charge in [-0.3, -0.25) is 9.97 Å². The molecule has 0 saturated carbocycles. The maximum Gasteiger partial charge on any atom is 2.00 e. The van der Waals surface area contributed by atoms with Crippen molar-refractivity contribution in [3.63, 3.8) is 0 Å². The number of pyridine rings is 2. The van der Waals surface area contributed by atoms with Crippen molar-refractivity contribution in [3.8, 4) is 11.5 Å². The van der Waals surface area contributed by atoms with Crippen LogP contribution in [0.4, 0.5) is 0 Å². The minimum atomic E-state index is 0. The van der Waals surface area contributed by atoms with Crippen LogP contribution < -0.4 is 9.47 Å². The second-order valence-electron chi connectivity index (χ2n) is 5.55. The summed E-state index contributed by atoms with van der Waals surface area (Å²) in [5.74, 6) is 1.57. The van der Waals surface area contributed by atoms with Gasteiger partial charge in [0.1, 0.15) is 11.0 Å². The van der Waals surface area contributed by atoms with Gasteiger partial charge in [-0.2, -0.15) is 0 Å². The number of fused-ring (bicyclic) bond motifs is 2. The molecule has 4 nitrogen and oxygen atoms in total. The number of hydrogen-bond acceptors (Lipinski definition) is 4. The minimum Gasteiger partial charge on any atom is -0.493 e. The van der Waals surface area contributed by atoms with Crippen LogP contribution in [-0.2, 0) is 19.5 Å². The summed E-state index contributed by atoms with van der Waals surface area (Å²) in [6, 6.07) is 11.4. The monoisotopic (exact) mass is 700 g/mol. The Hall–Kier alpha value is -0.477. The molecule has 0 radical (unpaired) electrons. The largest absolute Gasteiger partial charge is 2.00 e. The van der Waals surface area contributed by atoms with Crippen molar-refractivity contribution >= 4 is 90.2 Å². The van der Waals surface area contributed by atoms with E-state index in [-0.39, 0.29) is 19.5 Å². The second-order valence-corrected chi connectivity index (χ2v) is 8.68. The van der Waals surface area contributed by atoms with E-state index in [9.17, 15) is 0 Å². The van der Waals surface area contributed by atoms with Gasteiger partial charge in [0.2, 0.25) is 0 Å². The van der Waals surface area contributed by atoms with E-state index in [1.807, 2.05) is 36.4 Å². The number of rotatable bonds is 2. The van der Waals surface area contributed by atoms with E-state index < -0.39 is 0 Å². The molecule has 0 amide bonds. The predicted molar refractivity (Wildman–Crippen MR) is 132 cm³/mol. The Morgan fingerprint density at radius 1 is 0.759 bits per heavy atom. The zero-order valence-electron chi connectivity index (χ0n) is 15.5. The van der Waals surface area contributed by atoms with Gasteiger partial charge in [-0.1, -0.05) is 23.2 Å². The Morgan fingerprint density at radius 3 is 1.48 bits per heavy atom. The first-order valence-electron chi connectivity index (χ1n) is 8.01. The molecule has 0 aliphatic rings. The zero-order valence-corrected chi connectivity index (χ0v) is 24.3.